The summed E-state index contributed by atoms with van der Waals surface area (Å²) >= 11 is 0. The van der Waals surface area contributed by atoms with Crippen LogP contribution in [0.2, 0.25) is 0 Å². The molecule has 1 aromatic carbocycles. The van der Waals surface area contributed by atoms with Gasteiger partial charge in [0.15, 0.2) is 0 Å². The zero-order chi connectivity index (χ0) is 15.7. The Morgan fingerprint density at radius 2 is 1.95 bits per heavy atom. The molecule has 0 aliphatic rings. The first kappa shape index (κ1) is 17.5. The summed E-state index contributed by atoms with van der Waals surface area (Å²) in [6.45, 7) is 9.59. The van der Waals surface area contributed by atoms with E-state index >= 15 is 0 Å². The lowest BCUT2D eigenvalue weighted by molar-refractivity contribution is -0.116. The average molecular weight is 291 g/mol. The molecule has 0 atom stereocenters. The fraction of sp³-hybridized carbons (Fsp3) is 0.588. The maximum atomic E-state index is 11.2. The van der Waals surface area contributed by atoms with Gasteiger partial charge in [0.2, 0.25) is 5.91 Å². The number of nitrogens with one attached hydrogen (secondary N) is 1. The summed E-state index contributed by atoms with van der Waals surface area (Å²) < 4.78 is 0. The van der Waals surface area contributed by atoms with Crippen LogP contribution in [0.3, 0.4) is 0 Å². The standard InChI is InChI=1S/C17H29N3O/c1-4-5-10-20(13-17(18)21)16-8-6-15(7-9-16)12-19-11-14(2)3/h6-9,14,19H,4-5,10-13H2,1-3H3,(H2,18,21). The van der Waals surface area contributed by atoms with Crippen LogP contribution in [-0.4, -0.2) is 25.5 Å². The maximum Gasteiger partial charge on any atom is 0.236 e. The van der Waals surface area contributed by atoms with Gasteiger partial charge in [-0.3, -0.25) is 4.79 Å². The minimum atomic E-state index is -0.284. The van der Waals surface area contributed by atoms with E-state index < -0.39 is 0 Å². The van der Waals surface area contributed by atoms with E-state index in [9.17, 15) is 4.79 Å². The summed E-state index contributed by atoms with van der Waals surface area (Å²) in [6, 6.07) is 8.38. The highest BCUT2D eigenvalue weighted by Crippen LogP contribution is 2.16. The largest absolute Gasteiger partial charge is 0.368 e. The number of benzene rings is 1. The first-order valence-corrected chi connectivity index (χ1v) is 7.85. The van der Waals surface area contributed by atoms with Crippen molar-refractivity contribution >= 4 is 11.6 Å². The molecule has 21 heavy (non-hydrogen) atoms. The zero-order valence-electron chi connectivity index (χ0n) is 13.6. The number of nitrogens with zero attached hydrogens (tertiary/aromatic N) is 1. The summed E-state index contributed by atoms with van der Waals surface area (Å²) in [4.78, 5) is 13.2. The Kier molecular flexibility index (Phi) is 7.83. The van der Waals surface area contributed by atoms with Gasteiger partial charge in [-0.2, -0.15) is 0 Å². The molecule has 1 amide bonds. The fourth-order valence-electron chi connectivity index (χ4n) is 2.17. The minimum Gasteiger partial charge on any atom is -0.368 e. The van der Waals surface area contributed by atoms with Crippen molar-refractivity contribution in [3.63, 3.8) is 0 Å². The van der Waals surface area contributed by atoms with E-state index in [4.69, 9.17) is 5.73 Å². The molecule has 0 saturated carbocycles. The van der Waals surface area contributed by atoms with Gasteiger partial charge in [0.1, 0.15) is 0 Å². The number of rotatable bonds is 10. The van der Waals surface area contributed by atoms with Crippen molar-refractivity contribution in [1.29, 1.82) is 0 Å². The van der Waals surface area contributed by atoms with Crippen LogP contribution in [0.1, 0.15) is 39.2 Å². The Balaban J connectivity index is 2.61. The van der Waals surface area contributed by atoms with E-state index in [1.54, 1.807) is 0 Å². The number of hydrogen-bond acceptors (Lipinski definition) is 3. The van der Waals surface area contributed by atoms with Crippen LogP contribution in [-0.2, 0) is 11.3 Å². The van der Waals surface area contributed by atoms with E-state index in [1.165, 1.54) is 5.56 Å². The summed E-state index contributed by atoms with van der Waals surface area (Å²) in [6.07, 6.45) is 2.16. The number of carbonyl (C=O) groups is 1. The fourth-order valence-corrected chi connectivity index (χ4v) is 2.17. The van der Waals surface area contributed by atoms with Gasteiger partial charge in [-0.15, -0.1) is 0 Å². The van der Waals surface area contributed by atoms with Gasteiger partial charge in [-0.1, -0.05) is 39.3 Å². The Morgan fingerprint density at radius 1 is 1.29 bits per heavy atom. The van der Waals surface area contributed by atoms with Gasteiger partial charge in [-0.25, -0.2) is 0 Å². The summed E-state index contributed by atoms with van der Waals surface area (Å²) in [7, 11) is 0. The van der Waals surface area contributed by atoms with Gasteiger partial charge in [0.05, 0.1) is 6.54 Å². The summed E-state index contributed by atoms with van der Waals surface area (Å²) in [5, 5.41) is 3.43. The number of primary amides is 1. The van der Waals surface area contributed by atoms with Gasteiger partial charge in [0, 0.05) is 18.8 Å². The second kappa shape index (κ2) is 9.40. The molecule has 1 aromatic rings. The Bertz CT molecular complexity index is 415. The molecule has 0 aliphatic carbocycles. The molecule has 0 fully saturated rings. The third-order valence-corrected chi connectivity index (χ3v) is 3.31. The smallest absolute Gasteiger partial charge is 0.236 e. The lowest BCUT2D eigenvalue weighted by atomic mass is 10.1. The average Bonchev–Trinajstić information content (AvgIpc) is 2.43. The highest BCUT2D eigenvalue weighted by atomic mass is 16.1. The Morgan fingerprint density at radius 3 is 2.48 bits per heavy atom. The second-order valence-corrected chi connectivity index (χ2v) is 5.93. The topological polar surface area (TPSA) is 58.4 Å². The SMILES string of the molecule is CCCCN(CC(N)=O)c1ccc(CNCC(C)C)cc1. The van der Waals surface area contributed by atoms with Crippen LogP contribution in [0.4, 0.5) is 5.69 Å². The minimum absolute atomic E-state index is 0.283. The van der Waals surface area contributed by atoms with E-state index in [0.29, 0.717) is 5.92 Å². The van der Waals surface area contributed by atoms with Gasteiger partial charge in [0.25, 0.3) is 0 Å². The molecule has 4 nitrogen and oxygen atoms in total. The van der Waals surface area contributed by atoms with E-state index in [2.05, 4.69) is 55.3 Å². The van der Waals surface area contributed by atoms with Crippen molar-refractivity contribution in [2.45, 2.75) is 40.2 Å². The van der Waals surface area contributed by atoms with Gasteiger partial charge in [-0.05, 0) is 36.6 Å². The zero-order valence-corrected chi connectivity index (χ0v) is 13.6. The lowest BCUT2D eigenvalue weighted by Gasteiger charge is -2.23. The molecule has 118 valence electrons. The quantitative estimate of drug-likeness (QED) is 0.696. The second-order valence-electron chi connectivity index (χ2n) is 5.93. The molecule has 3 N–H and O–H groups in total. The summed E-state index contributed by atoms with van der Waals surface area (Å²) in [5.41, 5.74) is 7.66. The molecular formula is C17H29N3O. The molecule has 0 aromatic heterocycles. The van der Waals surface area contributed by atoms with Gasteiger partial charge < -0.3 is 16.0 Å². The number of anilines is 1. The predicted octanol–water partition coefficient (Wildman–Crippen LogP) is 2.52. The maximum absolute atomic E-state index is 11.2. The monoisotopic (exact) mass is 291 g/mol. The highest BCUT2D eigenvalue weighted by molar-refractivity contribution is 5.79. The predicted molar refractivity (Wildman–Crippen MR) is 89.3 cm³/mol. The van der Waals surface area contributed by atoms with Crippen molar-refractivity contribution in [3.8, 4) is 0 Å². The number of amides is 1. The molecule has 0 radical (unpaired) electrons. The molecule has 0 saturated heterocycles. The first-order chi connectivity index (χ1) is 10.0. The number of nitrogens with two attached hydrogens (primary N) is 1. The van der Waals surface area contributed by atoms with Crippen LogP contribution in [0.5, 0.6) is 0 Å². The first-order valence-electron chi connectivity index (χ1n) is 7.85. The van der Waals surface area contributed by atoms with Crippen LogP contribution in [0, 0.1) is 5.92 Å². The molecule has 0 heterocycles. The van der Waals surface area contributed by atoms with Crippen molar-refractivity contribution < 1.29 is 4.79 Å². The van der Waals surface area contributed by atoms with Crippen LogP contribution < -0.4 is 16.0 Å². The molecule has 1 rings (SSSR count). The molecule has 0 bridgehead atoms. The van der Waals surface area contributed by atoms with E-state index in [1.807, 2.05) is 0 Å². The van der Waals surface area contributed by atoms with Crippen LogP contribution in [0.25, 0.3) is 0 Å². The van der Waals surface area contributed by atoms with Crippen LogP contribution >= 0.6 is 0 Å². The van der Waals surface area contributed by atoms with Crippen molar-refractivity contribution in [2.75, 3.05) is 24.5 Å². The lowest BCUT2D eigenvalue weighted by Crippen LogP contribution is -2.34. The van der Waals surface area contributed by atoms with Crippen molar-refractivity contribution in [1.82, 2.24) is 5.32 Å². The van der Waals surface area contributed by atoms with E-state index in [0.717, 1.165) is 38.2 Å². The number of carbonyl (C=O) groups excluding carboxylic acids is 1. The normalized spacial score (nSPS) is 10.9. The highest BCUT2D eigenvalue weighted by Gasteiger charge is 2.08. The van der Waals surface area contributed by atoms with Crippen molar-refractivity contribution in [3.05, 3.63) is 29.8 Å². The Labute approximate surface area is 128 Å². The summed E-state index contributed by atoms with van der Waals surface area (Å²) in [5.74, 6) is 0.373. The van der Waals surface area contributed by atoms with E-state index in [-0.39, 0.29) is 12.5 Å². The van der Waals surface area contributed by atoms with Gasteiger partial charge >= 0.3 is 0 Å². The molecular weight excluding hydrogens is 262 g/mol. The third-order valence-electron chi connectivity index (χ3n) is 3.31. The Hall–Kier alpha value is -1.55. The molecule has 0 unspecified atom stereocenters. The molecule has 4 heteroatoms. The number of hydrogen-bond donors (Lipinski definition) is 2. The molecule has 0 aliphatic heterocycles. The van der Waals surface area contributed by atoms with Crippen molar-refractivity contribution in [2.24, 2.45) is 11.7 Å². The van der Waals surface area contributed by atoms with Crippen LogP contribution in [0.15, 0.2) is 24.3 Å². The molecule has 0 spiro atoms. The number of unbranched alkanes of at least 4 members (excludes halogenated alkanes) is 1. The third kappa shape index (κ3) is 7.14.